The molecule has 0 spiro atoms. The second-order valence-electron chi connectivity index (χ2n) is 7.12. The molecule has 24 heavy (non-hydrogen) atoms. The number of benzene rings is 1. The molecule has 0 saturated carbocycles. The van der Waals surface area contributed by atoms with Crippen LogP contribution in [0.3, 0.4) is 0 Å². The van der Waals surface area contributed by atoms with Gasteiger partial charge in [-0.2, -0.15) is 0 Å². The first-order chi connectivity index (χ1) is 11.5. The Morgan fingerprint density at radius 3 is 2.83 bits per heavy atom. The van der Waals surface area contributed by atoms with Crippen LogP contribution in [0.15, 0.2) is 24.3 Å². The quantitative estimate of drug-likeness (QED) is 0.892. The maximum atomic E-state index is 13.8. The van der Waals surface area contributed by atoms with Crippen molar-refractivity contribution in [2.75, 3.05) is 26.3 Å². The summed E-state index contributed by atoms with van der Waals surface area (Å²) in [5.74, 6) is -0.621. The van der Waals surface area contributed by atoms with Gasteiger partial charge in [-0.05, 0) is 12.5 Å². The van der Waals surface area contributed by atoms with Crippen LogP contribution in [0, 0.1) is 17.2 Å². The van der Waals surface area contributed by atoms with Crippen molar-refractivity contribution in [1.82, 2.24) is 10.2 Å². The lowest BCUT2D eigenvalue weighted by Crippen LogP contribution is -2.51. The largest absolute Gasteiger partial charge is 0.380 e. The molecule has 2 aliphatic rings. The maximum Gasteiger partial charge on any atom is 0.224 e. The van der Waals surface area contributed by atoms with E-state index < -0.39 is 0 Å². The molecule has 0 bridgehead atoms. The summed E-state index contributed by atoms with van der Waals surface area (Å²) in [6, 6.07) is 6.43. The molecule has 2 heterocycles. The van der Waals surface area contributed by atoms with Crippen LogP contribution in [0.1, 0.15) is 25.3 Å². The fraction of sp³-hybridized carbons (Fsp3) is 0.556. The van der Waals surface area contributed by atoms with Gasteiger partial charge in [-0.25, -0.2) is 4.39 Å². The molecule has 5 nitrogen and oxygen atoms in total. The van der Waals surface area contributed by atoms with E-state index in [1.807, 2.05) is 0 Å². The average Bonchev–Trinajstić information content (AvgIpc) is 2.55. The predicted octanol–water partition coefficient (Wildman–Crippen LogP) is 1.72. The molecule has 0 aliphatic carbocycles. The molecule has 1 N–H and O–H groups in total. The van der Waals surface area contributed by atoms with Crippen LogP contribution in [0.4, 0.5) is 4.39 Å². The molecule has 1 aromatic carbocycles. The van der Waals surface area contributed by atoms with Crippen LogP contribution in [0.2, 0.25) is 0 Å². The van der Waals surface area contributed by atoms with Gasteiger partial charge in [0.15, 0.2) is 0 Å². The van der Waals surface area contributed by atoms with Crippen LogP contribution in [0.5, 0.6) is 0 Å². The van der Waals surface area contributed by atoms with Gasteiger partial charge in [0.05, 0.1) is 19.1 Å². The zero-order valence-electron chi connectivity index (χ0n) is 13.9. The van der Waals surface area contributed by atoms with Gasteiger partial charge < -0.3 is 15.0 Å². The molecule has 1 aromatic rings. The molecule has 0 unspecified atom stereocenters. The third-order valence-corrected chi connectivity index (χ3v) is 4.78. The third-order valence-electron chi connectivity index (χ3n) is 4.78. The highest BCUT2D eigenvalue weighted by Gasteiger charge is 2.35. The number of carbonyl (C=O) groups is 2. The maximum absolute atomic E-state index is 13.8. The predicted molar refractivity (Wildman–Crippen MR) is 86.5 cm³/mol. The average molecular weight is 334 g/mol. The summed E-state index contributed by atoms with van der Waals surface area (Å²) in [7, 11) is 0. The third kappa shape index (κ3) is 3.75. The Balaban J connectivity index is 1.57. The molecule has 2 fully saturated rings. The van der Waals surface area contributed by atoms with Crippen LogP contribution < -0.4 is 5.32 Å². The Bertz CT molecular complexity index is 630. The lowest BCUT2D eigenvalue weighted by atomic mass is 9.88. The number of nitrogens with one attached hydrogen (secondary N) is 1. The van der Waals surface area contributed by atoms with Crippen LogP contribution in [-0.4, -0.2) is 43.0 Å². The molecule has 0 radical (unpaired) electrons. The lowest BCUT2D eigenvalue weighted by molar-refractivity contribution is -0.140. The van der Waals surface area contributed by atoms with Gasteiger partial charge in [0.25, 0.3) is 0 Å². The Labute approximate surface area is 141 Å². The summed E-state index contributed by atoms with van der Waals surface area (Å²) < 4.78 is 19.0. The standard InChI is InChI=1S/C18H23FN2O3/c1-18(11-24-12-18)10-20-17(23)14-6-7-16(22)21(9-14)8-13-4-2-3-5-15(13)19/h2-5,14H,6-12H2,1H3,(H,20,23)/t14-/m1/s1. The first kappa shape index (κ1) is 16.9. The number of amides is 2. The van der Waals surface area contributed by atoms with E-state index in [1.165, 1.54) is 6.07 Å². The zero-order valence-corrected chi connectivity index (χ0v) is 13.9. The van der Waals surface area contributed by atoms with Crippen molar-refractivity contribution in [2.24, 2.45) is 11.3 Å². The van der Waals surface area contributed by atoms with E-state index >= 15 is 0 Å². The number of carbonyl (C=O) groups excluding carboxylic acids is 2. The SMILES string of the molecule is CC1(CNC(=O)[C@@H]2CCC(=O)N(Cc3ccccc3F)C2)COC1. The van der Waals surface area contributed by atoms with Gasteiger partial charge in [0.1, 0.15) is 5.82 Å². The van der Waals surface area contributed by atoms with Gasteiger partial charge in [0.2, 0.25) is 11.8 Å². The number of likely N-dealkylation sites (tertiary alicyclic amines) is 1. The molecule has 130 valence electrons. The Morgan fingerprint density at radius 2 is 2.17 bits per heavy atom. The monoisotopic (exact) mass is 334 g/mol. The summed E-state index contributed by atoms with van der Waals surface area (Å²) in [6.07, 6.45) is 0.874. The van der Waals surface area contributed by atoms with Crippen molar-refractivity contribution >= 4 is 11.8 Å². The minimum Gasteiger partial charge on any atom is -0.380 e. The normalized spacial score (nSPS) is 22.8. The van der Waals surface area contributed by atoms with Crippen LogP contribution in [-0.2, 0) is 20.9 Å². The number of nitrogens with zero attached hydrogens (tertiary/aromatic N) is 1. The molecular weight excluding hydrogens is 311 g/mol. The van der Waals surface area contributed by atoms with E-state index in [4.69, 9.17) is 4.74 Å². The topological polar surface area (TPSA) is 58.6 Å². The number of halogens is 1. The summed E-state index contributed by atoms with van der Waals surface area (Å²) in [6.45, 7) is 4.54. The Morgan fingerprint density at radius 1 is 1.42 bits per heavy atom. The van der Waals surface area contributed by atoms with Crippen molar-refractivity contribution in [3.8, 4) is 0 Å². The van der Waals surface area contributed by atoms with Gasteiger partial charge in [-0.1, -0.05) is 25.1 Å². The summed E-state index contributed by atoms with van der Waals surface area (Å²) in [4.78, 5) is 26.1. The number of ether oxygens (including phenoxy) is 1. The van der Waals surface area contributed by atoms with Crippen molar-refractivity contribution in [2.45, 2.75) is 26.3 Å². The highest BCUT2D eigenvalue weighted by Crippen LogP contribution is 2.26. The smallest absolute Gasteiger partial charge is 0.224 e. The Hall–Kier alpha value is -1.95. The van der Waals surface area contributed by atoms with Crippen molar-refractivity contribution < 1.29 is 18.7 Å². The van der Waals surface area contributed by atoms with Crippen molar-refractivity contribution in [1.29, 1.82) is 0 Å². The van der Waals surface area contributed by atoms with E-state index in [1.54, 1.807) is 23.1 Å². The fourth-order valence-corrected chi connectivity index (χ4v) is 3.11. The highest BCUT2D eigenvalue weighted by atomic mass is 19.1. The molecule has 6 heteroatoms. The molecule has 2 aliphatic heterocycles. The van der Waals surface area contributed by atoms with Crippen molar-refractivity contribution in [3.05, 3.63) is 35.6 Å². The molecule has 2 amide bonds. The molecule has 3 rings (SSSR count). The van der Waals surface area contributed by atoms with E-state index in [9.17, 15) is 14.0 Å². The summed E-state index contributed by atoms with van der Waals surface area (Å²) in [5.41, 5.74) is 0.499. The first-order valence-corrected chi connectivity index (χ1v) is 8.33. The van der Waals surface area contributed by atoms with E-state index in [0.29, 0.717) is 44.7 Å². The highest BCUT2D eigenvalue weighted by molar-refractivity contribution is 5.83. The van der Waals surface area contributed by atoms with E-state index in [0.717, 1.165) is 0 Å². The van der Waals surface area contributed by atoms with Gasteiger partial charge in [-0.3, -0.25) is 9.59 Å². The number of hydrogen-bond donors (Lipinski definition) is 1. The van der Waals surface area contributed by atoms with Gasteiger partial charge in [-0.15, -0.1) is 0 Å². The lowest BCUT2D eigenvalue weighted by Gasteiger charge is -2.39. The number of piperidine rings is 1. The van der Waals surface area contributed by atoms with Crippen LogP contribution in [0.25, 0.3) is 0 Å². The van der Waals surface area contributed by atoms with E-state index in [2.05, 4.69) is 12.2 Å². The van der Waals surface area contributed by atoms with Crippen LogP contribution >= 0.6 is 0 Å². The number of hydrogen-bond acceptors (Lipinski definition) is 3. The second kappa shape index (κ2) is 6.89. The number of rotatable bonds is 5. The molecule has 1 atom stereocenters. The first-order valence-electron chi connectivity index (χ1n) is 8.33. The molecule has 2 saturated heterocycles. The Kier molecular flexibility index (Phi) is 4.85. The second-order valence-corrected chi connectivity index (χ2v) is 7.12. The molecular formula is C18H23FN2O3. The van der Waals surface area contributed by atoms with E-state index in [-0.39, 0.29) is 35.5 Å². The fourth-order valence-electron chi connectivity index (χ4n) is 3.11. The minimum absolute atomic E-state index is 0.0208. The summed E-state index contributed by atoms with van der Waals surface area (Å²) in [5, 5.41) is 2.97. The zero-order chi connectivity index (χ0) is 17.2. The molecule has 0 aromatic heterocycles. The summed E-state index contributed by atoms with van der Waals surface area (Å²) >= 11 is 0. The van der Waals surface area contributed by atoms with Gasteiger partial charge in [0, 0.05) is 37.0 Å². The minimum atomic E-state index is -0.324. The van der Waals surface area contributed by atoms with Crippen molar-refractivity contribution in [3.63, 3.8) is 0 Å². The van der Waals surface area contributed by atoms with Gasteiger partial charge >= 0.3 is 0 Å².